The molecule has 11 aromatic rings. The number of rotatable bonds is 5. The Kier molecular flexibility index (Phi) is 7.98. The first-order valence-electron chi connectivity index (χ1n) is 21.9. The smallest absolute Gasteiger partial charge is 0.134 e. The molecule has 0 amide bonds. The maximum atomic E-state index is 6.58. The average molecular weight is 824 g/mol. The molecule has 2 aliphatic rings. The van der Waals surface area contributed by atoms with Gasteiger partial charge in [0, 0.05) is 43.7 Å². The highest BCUT2D eigenvalue weighted by molar-refractivity contribution is 7.99. The highest BCUT2D eigenvalue weighted by Crippen LogP contribution is 2.62. The summed E-state index contributed by atoms with van der Waals surface area (Å²) >= 11 is 1.89. The highest BCUT2D eigenvalue weighted by atomic mass is 32.2. The molecule has 2 nitrogen and oxygen atoms in total. The zero-order chi connectivity index (χ0) is 41.8. The van der Waals surface area contributed by atoms with Crippen LogP contribution in [0.5, 0.6) is 0 Å². The van der Waals surface area contributed by atoms with Gasteiger partial charge in [-0.1, -0.05) is 177 Å². The SMILES string of the molecule is CC(C)c1oc2ccccc2c1-c1cccc(N(c2ccc3c(c2)-c2ccccc2C32c3ccccc3Sc3ccccc32)c2ccc3c4ccccc4c4ccccc4c3c2)c1. The van der Waals surface area contributed by atoms with Crippen LogP contribution in [0.15, 0.2) is 220 Å². The molecule has 0 bridgehead atoms. The van der Waals surface area contributed by atoms with Crippen LogP contribution in [0.25, 0.3) is 65.5 Å². The fourth-order valence-electron chi connectivity index (χ4n) is 11.0. The van der Waals surface area contributed by atoms with Crippen LogP contribution in [0.3, 0.4) is 0 Å². The van der Waals surface area contributed by atoms with Crippen LogP contribution in [0.2, 0.25) is 0 Å². The Morgan fingerprint density at radius 1 is 0.413 bits per heavy atom. The van der Waals surface area contributed by atoms with Crippen LogP contribution >= 0.6 is 11.8 Å². The van der Waals surface area contributed by atoms with E-state index in [1.54, 1.807) is 0 Å². The predicted octanol–water partition coefficient (Wildman–Crippen LogP) is 17.0. The molecule has 0 N–H and O–H groups in total. The van der Waals surface area contributed by atoms with Crippen molar-refractivity contribution >= 4 is 72.1 Å². The van der Waals surface area contributed by atoms with Gasteiger partial charge >= 0.3 is 0 Å². The number of fused-ring (bicyclic) bond motifs is 16. The Balaban J connectivity index is 1.08. The maximum absolute atomic E-state index is 6.58. The lowest BCUT2D eigenvalue weighted by Gasteiger charge is -2.39. The molecule has 0 radical (unpaired) electrons. The first-order valence-corrected chi connectivity index (χ1v) is 22.8. The van der Waals surface area contributed by atoms with E-state index in [0.29, 0.717) is 0 Å². The molecule has 0 atom stereocenters. The van der Waals surface area contributed by atoms with Gasteiger partial charge in [0.2, 0.25) is 0 Å². The summed E-state index contributed by atoms with van der Waals surface area (Å²) in [4.78, 5) is 5.09. The van der Waals surface area contributed by atoms with Crippen molar-refractivity contribution in [3.8, 4) is 22.3 Å². The van der Waals surface area contributed by atoms with Crippen LogP contribution in [-0.2, 0) is 5.41 Å². The quantitative estimate of drug-likeness (QED) is 0.161. The van der Waals surface area contributed by atoms with Crippen LogP contribution in [0, 0.1) is 0 Å². The second-order valence-corrected chi connectivity index (χ2v) is 18.4. The summed E-state index contributed by atoms with van der Waals surface area (Å²) in [5.74, 6) is 1.22. The number of nitrogens with zero attached hydrogens (tertiary/aromatic N) is 1. The van der Waals surface area contributed by atoms with Crippen LogP contribution in [0.1, 0.15) is 47.8 Å². The van der Waals surface area contributed by atoms with Gasteiger partial charge in [-0.15, -0.1) is 0 Å². The van der Waals surface area contributed by atoms with E-state index in [-0.39, 0.29) is 5.92 Å². The van der Waals surface area contributed by atoms with Gasteiger partial charge in [0.15, 0.2) is 0 Å². The standard InChI is InChI=1S/C60H41NOS/c1-37(2)59-58(48-23-8-12-27-55(48)62-59)38-16-15-17-39(34-38)61(40-30-32-46-44-20-4-3-18-42(44)43-19-5-6-21-45(43)49(46)35-40)41-31-33-52-50(36-41)47-22-7-9-24-51(47)60(52)53-25-10-13-28-56(53)63-57-29-14-11-26-54(57)60/h3-37H,1-2H3. The molecule has 63 heavy (non-hydrogen) atoms. The third kappa shape index (κ3) is 5.21. The van der Waals surface area contributed by atoms with E-state index in [4.69, 9.17) is 4.42 Å². The molecule has 3 heteroatoms. The van der Waals surface area contributed by atoms with Gasteiger partial charge in [0.05, 0.1) is 5.41 Å². The maximum Gasteiger partial charge on any atom is 0.134 e. The lowest BCUT2D eigenvalue weighted by Crippen LogP contribution is -2.31. The van der Waals surface area contributed by atoms with Crippen molar-refractivity contribution in [1.29, 1.82) is 0 Å². The van der Waals surface area contributed by atoms with Crippen molar-refractivity contribution in [2.24, 2.45) is 0 Å². The van der Waals surface area contributed by atoms with Gasteiger partial charge in [0.1, 0.15) is 11.3 Å². The third-order valence-electron chi connectivity index (χ3n) is 13.6. The van der Waals surface area contributed by atoms with Crippen molar-refractivity contribution in [3.63, 3.8) is 0 Å². The minimum absolute atomic E-state index is 0.216. The number of benzene rings is 10. The minimum atomic E-state index is -0.438. The molecule has 0 saturated heterocycles. The van der Waals surface area contributed by atoms with E-state index in [0.717, 1.165) is 44.9 Å². The van der Waals surface area contributed by atoms with Crippen LogP contribution in [0.4, 0.5) is 17.1 Å². The average Bonchev–Trinajstić information content (AvgIpc) is 3.87. The minimum Gasteiger partial charge on any atom is -0.460 e. The third-order valence-corrected chi connectivity index (χ3v) is 14.8. The Morgan fingerprint density at radius 2 is 0.937 bits per heavy atom. The zero-order valence-corrected chi connectivity index (χ0v) is 35.8. The fourth-order valence-corrected chi connectivity index (χ4v) is 12.2. The predicted molar refractivity (Wildman–Crippen MR) is 264 cm³/mol. The monoisotopic (exact) mass is 823 g/mol. The molecule has 0 unspecified atom stereocenters. The molecule has 1 spiro atoms. The number of para-hydroxylation sites is 1. The Hall–Kier alpha value is -7.33. The number of hydrogen-bond donors (Lipinski definition) is 0. The van der Waals surface area contributed by atoms with E-state index in [1.165, 1.54) is 75.5 Å². The first kappa shape index (κ1) is 36.3. The van der Waals surface area contributed by atoms with E-state index < -0.39 is 5.41 Å². The summed E-state index contributed by atoms with van der Waals surface area (Å²) in [5, 5.41) is 8.71. The van der Waals surface area contributed by atoms with Crippen molar-refractivity contribution < 1.29 is 4.42 Å². The summed E-state index contributed by atoms with van der Waals surface area (Å²) in [5.41, 5.74) is 14.0. The van der Waals surface area contributed by atoms with E-state index in [1.807, 2.05) is 11.8 Å². The van der Waals surface area contributed by atoms with Gasteiger partial charge in [-0.05, 0) is 126 Å². The molecule has 298 valence electrons. The number of hydrogen-bond acceptors (Lipinski definition) is 3. The number of anilines is 3. The molecule has 10 aromatic carbocycles. The molecular formula is C60H41NOS. The summed E-state index contributed by atoms with van der Waals surface area (Å²) in [6.07, 6.45) is 0. The van der Waals surface area contributed by atoms with E-state index in [2.05, 4.69) is 225 Å². The molecule has 1 aliphatic heterocycles. The summed E-state index contributed by atoms with van der Waals surface area (Å²) in [6, 6.07) is 76.7. The molecule has 0 saturated carbocycles. The Labute approximate surface area is 371 Å². The summed E-state index contributed by atoms with van der Waals surface area (Å²) in [7, 11) is 0. The summed E-state index contributed by atoms with van der Waals surface area (Å²) in [6.45, 7) is 4.44. The second-order valence-electron chi connectivity index (χ2n) is 17.3. The molecular weight excluding hydrogens is 783 g/mol. The second kappa shape index (κ2) is 13.8. The van der Waals surface area contributed by atoms with Gasteiger partial charge in [-0.3, -0.25) is 0 Å². The van der Waals surface area contributed by atoms with Gasteiger partial charge in [0.25, 0.3) is 0 Å². The summed E-state index contributed by atoms with van der Waals surface area (Å²) < 4.78 is 6.58. The van der Waals surface area contributed by atoms with Crippen LogP contribution in [-0.4, -0.2) is 0 Å². The lowest BCUT2D eigenvalue weighted by molar-refractivity contribution is 0.523. The van der Waals surface area contributed by atoms with Crippen molar-refractivity contribution in [3.05, 3.63) is 234 Å². The fraction of sp³-hybridized carbons (Fsp3) is 0.0667. The molecule has 0 fully saturated rings. The molecule has 13 rings (SSSR count). The van der Waals surface area contributed by atoms with Crippen LogP contribution < -0.4 is 4.90 Å². The first-order chi connectivity index (χ1) is 31.1. The van der Waals surface area contributed by atoms with Crippen molar-refractivity contribution in [1.82, 2.24) is 0 Å². The van der Waals surface area contributed by atoms with E-state index >= 15 is 0 Å². The molecule has 1 aromatic heterocycles. The van der Waals surface area contributed by atoms with Gasteiger partial charge < -0.3 is 9.32 Å². The Morgan fingerprint density at radius 3 is 1.63 bits per heavy atom. The largest absolute Gasteiger partial charge is 0.460 e. The normalized spacial score (nSPS) is 13.4. The van der Waals surface area contributed by atoms with E-state index in [9.17, 15) is 0 Å². The highest BCUT2D eigenvalue weighted by Gasteiger charge is 2.50. The molecule has 2 heterocycles. The number of furan rings is 1. The molecule has 1 aliphatic carbocycles. The lowest BCUT2D eigenvalue weighted by atomic mass is 9.67. The zero-order valence-electron chi connectivity index (χ0n) is 35.0. The van der Waals surface area contributed by atoms with Gasteiger partial charge in [-0.2, -0.15) is 0 Å². The topological polar surface area (TPSA) is 16.4 Å². The van der Waals surface area contributed by atoms with Crippen molar-refractivity contribution in [2.45, 2.75) is 35.0 Å². The van der Waals surface area contributed by atoms with Gasteiger partial charge in [-0.25, -0.2) is 0 Å². The van der Waals surface area contributed by atoms with Crippen molar-refractivity contribution in [2.75, 3.05) is 4.90 Å². The Bertz CT molecular complexity index is 3590.